The second kappa shape index (κ2) is 6.12. The fourth-order valence-corrected chi connectivity index (χ4v) is 2.04. The van der Waals surface area contributed by atoms with Crippen LogP contribution in [0.5, 0.6) is 5.75 Å². The second-order valence-corrected chi connectivity index (χ2v) is 4.34. The van der Waals surface area contributed by atoms with E-state index < -0.39 is 4.92 Å². The van der Waals surface area contributed by atoms with Gasteiger partial charge in [0.15, 0.2) is 0 Å². The lowest BCUT2D eigenvalue weighted by Gasteiger charge is -2.11. The molecule has 0 saturated heterocycles. The van der Waals surface area contributed by atoms with E-state index in [1.165, 1.54) is 6.07 Å². The Balaban J connectivity index is 2.31. The van der Waals surface area contributed by atoms with Gasteiger partial charge in [0, 0.05) is 6.07 Å². The Morgan fingerprint density at radius 1 is 1.20 bits per heavy atom. The van der Waals surface area contributed by atoms with Crippen LogP contribution in [0.1, 0.15) is 5.56 Å². The predicted octanol–water partition coefficient (Wildman–Crippen LogP) is 3.39. The molecule has 0 aromatic heterocycles. The van der Waals surface area contributed by atoms with Crippen LogP contribution in [0, 0.1) is 10.1 Å². The molecule has 0 atom stereocenters. The zero-order chi connectivity index (χ0) is 14.5. The first kappa shape index (κ1) is 14.0. The number of rotatable bonds is 4. The van der Waals surface area contributed by atoms with Crippen molar-refractivity contribution in [1.29, 1.82) is 0 Å². The molecule has 0 fully saturated rings. The molecule has 1 N–H and O–H groups in total. The second-order valence-electron chi connectivity index (χ2n) is 3.93. The highest BCUT2D eigenvalue weighted by Gasteiger charge is 2.17. The van der Waals surface area contributed by atoms with Crippen LogP contribution in [0.3, 0.4) is 0 Å². The lowest BCUT2D eigenvalue weighted by Crippen LogP contribution is -2.13. The zero-order valence-corrected chi connectivity index (χ0v) is 11.5. The van der Waals surface area contributed by atoms with Crippen molar-refractivity contribution < 1.29 is 9.66 Å². The van der Waals surface area contributed by atoms with E-state index in [4.69, 9.17) is 17.0 Å². The van der Waals surface area contributed by atoms with E-state index in [2.05, 4.69) is 5.32 Å². The van der Waals surface area contributed by atoms with Gasteiger partial charge in [0.2, 0.25) is 0 Å². The number of methoxy groups -OCH3 is 1. The Morgan fingerprint density at radius 2 is 1.85 bits per heavy atom. The Morgan fingerprint density at radius 3 is 2.55 bits per heavy atom. The first-order valence-corrected chi connectivity index (χ1v) is 6.22. The maximum absolute atomic E-state index is 11.0. The van der Waals surface area contributed by atoms with Gasteiger partial charge in [0.05, 0.1) is 23.3 Å². The Hall–Kier alpha value is -2.47. The zero-order valence-electron chi connectivity index (χ0n) is 10.7. The molecule has 0 aliphatic rings. The van der Waals surface area contributed by atoms with Crippen LogP contribution < -0.4 is 10.1 Å². The van der Waals surface area contributed by atoms with Gasteiger partial charge in [-0.05, 0) is 18.2 Å². The number of anilines is 1. The molecule has 5 nitrogen and oxygen atoms in total. The van der Waals surface area contributed by atoms with Crippen molar-refractivity contribution in [1.82, 2.24) is 0 Å². The van der Waals surface area contributed by atoms with Gasteiger partial charge in [-0.15, -0.1) is 0 Å². The third-order valence-corrected chi connectivity index (χ3v) is 3.02. The summed E-state index contributed by atoms with van der Waals surface area (Å²) >= 11 is 5.25. The minimum absolute atomic E-state index is 0.0279. The summed E-state index contributed by atoms with van der Waals surface area (Å²) in [5.41, 5.74) is 1.01. The van der Waals surface area contributed by atoms with Gasteiger partial charge < -0.3 is 10.1 Å². The average molecular weight is 288 g/mol. The minimum Gasteiger partial charge on any atom is -0.495 e. The first-order chi connectivity index (χ1) is 9.63. The average Bonchev–Trinajstić information content (AvgIpc) is 2.47. The van der Waals surface area contributed by atoms with Gasteiger partial charge in [-0.2, -0.15) is 0 Å². The first-order valence-electron chi connectivity index (χ1n) is 5.81. The lowest BCUT2D eigenvalue weighted by molar-refractivity contribution is -0.385. The van der Waals surface area contributed by atoms with E-state index in [0.717, 1.165) is 0 Å². The van der Waals surface area contributed by atoms with Crippen LogP contribution in [0.15, 0.2) is 48.5 Å². The summed E-state index contributed by atoms with van der Waals surface area (Å²) in [6.07, 6.45) is 0. The molecule has 0 heterocycles. The normalized spacial score (nSPS) is 9.85. The topological polar surface area (TPSA) is 64.4 Å². The number of benzene rings is 2. The molecule has 0 aliphatic heterocycles. The van der Waals surface area contributed by atoms with Crippen LogP contribution in [0.4, 0.5) is 11.4 Å². The number of nitro benzene ring substituents is 1. The Bertz CT molecular complexity index is 658. The van der Waals surface area contributed by atoms with E-state index in [-0.39, 0.29) is 10.7 Å². The molecule has 6 heteroatoms. The molecule has 0 aliphatic carbocycles. The summed E-state index contributed by atoms with van der Waals surface area (Å²) in [7, 11) is 1.55. The van der Waals surface area contributed by atoms with E-state index in [0.29, 0.717) is 17.0 Å². The van der Waals surface area contributed by atoms with Crippen molar-refractivity contribution in [3.05, 3.63) is 64.2 Å². The minimum atomic E-state index is -0.453. The highest BCUT2D eigenvalue weighted by atomic mass is 32.1. The van der Waals surface area contributed by atoms with Gasteiger partial charge in [0.25, 0.3) is 5.69 Å². The SMILES string of the molecule is COc1ccccc1NC(=S)c1ccccc1[N+](=O)[O-]. The van der Waals surface area contributed by atoms with E-state index >= 15 is 0 Å². The van der Waals surface area contributed by atoms with Crippen molar-refractivity contribution in [2.45, 2.75) is 0 Å². The van der Waals surface area contributed by atoms with Crippen molar-refractivity contribution in [3.8, 4) is 5.75 Å². The largest absolute Gasteiger partial charge is 0.495 e. The monoisotopic (exact) mass is 288 g/mol. The summed E-state index contributed by atoms with van der Waals surface area (Å²) in [5.74, 6) is 0.619. The third-order valence-electron chi connectivity index (χ3n) is 2.70. The Labute approximate surface area is 121 Å². The molecule has 0 spiro atoms. The fraction of sp³-hybridized carbons (Fsp3) is 0.0714. The number of nitrogens with zero attached hydrogens (tertiary/aromatic N) is 1. The quantitative estimate of drug-likeness (QED) is 0.530. The molecule has 0 radical (unpaired) electrons. The van der Waals surface area contributed by atoms with Crippen LogP contribution >= 0.6 is 12.2 Å². The molecule has 2 rings (SSSR count). The van der Waals surface area contributed by atoms with Crippen molar-refractivity contribution in [2.75, 3.05) is 12.4 Å². The molecule has 0 bridgehead atoms. The molecule has 102 valence electrons. The van der Waals surface area contributed by atoms with Crippen LogP contribution in [-0.4, -0.2) is 17.0 Å². The highest BCUT2D eigenvalue weighted by molar-refractivity contribution is 7.81. The van der Waals surface area contributed by atoms with E-state index in [1.54, 1.807) is 37.4 Å². The summed E-state index contributed by atoms with van der Waals surface area (Å²) in [6, 6.07) is 13.6. The molecule has 2 aromatic carbocycles. The number of para-hydroxylation sites is 3. The number of ether oxygens (including phenoxy) is 1. The van der Waals surface area contributed by atoms with Gasteiger partial charge in [-0.1, -0.05) is 36.5 Å². The van der Waals surface area contributed by atoms with E-state index in [9.17, 15) is 10.1 Å². The predicted molar refractivity (Wildman–Crippen MR) is 81.4 cm³/mol. The van der Waals surface area contributed by atoms with Gasteiger partial charge >= 0.3 is 0 Å². The molecule has 0 amide bonds. The van der Waals surface area contributed by atoms with Crippen molar-refractivity contribution >= 4 is 28.6 Å². The number of nitrogens with one attached hydrogen (secondary N) is 1. The van der Waals surface area contributed by atoms with Crippen LogP contribution in [-0.2, 0) is 0 Å². The number of hydrogen-bond donors (Lipinski definition) is 1. The fourth-order valence-electron chi connectivity index (χ4n) is 1.76. The van der Waals surface area contributed by atoms with Gasteiger partial charge in [-0.3, -0.25) is 10.1 Å². The summed E-state index contributed by atoms with van der Waals surface area (Å²) in [4.78, 5) is 10.8. The standard InChI is InChI=1S/C14H12N2O3S/c1-19-13-9-5-3-7-11(13)15-14(20)10-6-2-4-8-12(10)16(17)18/h2-9H,1H3,(H,15,20). The summed E-state index contributed by atoms with van der Waals surface area (Å²) in [5, 5.41) is 14.0. The Kier molecular flexibility index (Phi) is 4.27. The number of hydrogen-bond acceptors (Lipinski definition) is 4. The van der Waals surface area contributed by atoms with E-state index in [1.807, 2.05) is 12.1 Å². The third kappa shape index (κ3) is 2.92. The highest BCUT2D eigenvalue weighted by Crippen LogP contribution is 2.25. The molecular formula is C14H12N2O3S. The molecular weight excluding hydrogens is 276 g/mol. The lowest BCUT2D eigenvalue weighted by atomic mass is 10.1. The number of nitro groups is 1. The maximum Gasteiger partial charge on any atom is 0.279 e. The maximum atomic E-state index is 11.0. The van der Waals surface area contributed by atoms with Crippen LogP contribution in [0.2, 0.25) is 0 Å². The molecule has 0 saturated carbocycles. The van der Waals surface area contributed by atoms with Crippen LogP contribution in [0.25, 0.3) is 0 Å². The summed E-state index contributed by atoms with van der Waals surface area (Å²) in [6.45, 7) is 0. The molecule has 0 unspecified atom stereocenters. The van der Waals surface area contributed by atoms with Crippen molar-refractivity contribution in [3.63, 3.8) is 0 Å². The van der Waals surface area contributed by atoms with Gasteiger partial charge in [0.1, 0.15) is 10.7 Å². The number of thiocarbonyl (C=S) groups is 1. The van der Waals surface area contributed by atoms with Gasteiger partial charge in [-0.25, -0.2) is 0 Å². The molecule has 20 heavy (non-hydrogen) atoms. The van der Waals surface area contributed by atoms with Crippen molar-refractivity contribution in [2.24, 2.45) is 0 Å². The smallest absolute Gasteiger partial charge is 0.279 e. The molecule has 2 aromatic rings. The summed E-state index contributed by atoms with van der Waals surface area (Å²) < 4.78 is 5.20.